The van der Waals surface area contributed by atoms with Crippen molar-refractivity contribution in [3.8, 4) is 0 Å². The normalized spacial score (nSPS) is 13.6. The molecule has 0 bridgehead atoms. The predicted octanol–water partition coefficient (Wildman–Crippen LogP) is 5.34. The molecule has 1 atom stereocenters. The number of hydrogen-bond acceptors (Lipinski definition) is 0. The number of unbranched alkanes of at least 4 members (excludes halogenated alkanes) is 5. The fourth-order valence-electron chi connectivity index (χ4n) is 1.75. The van der Waals surface area contributed by atoms with E-state index in [9.17, 15) is 0 Å². The molecular weight excluding hydrogens is 168 g/mol. The number of rotatable bonds is 9. The Morgan fingerprint density at radius 1 is 0.929 bits per heavy atom. The minimum atomic E-state index is 0.788. The van der Waals surface area contributed by atoms with Crippen LogP contribution in [0.25, 0.3) is 0 Å². The zero-order valence-corrected chi connectivity index (χ0v) is 10.4. The molecule has 0 radical (unpaired) electrons. The Morgan fingerprint density at radius 2 is 1.64 bits per heavy atom. The summed E-state index contributed by atoms with van der Waals surface area (Å²) < 4.78 is 0. The van der Waals surface area contributed by atoms with E-state index in [1.807, 2.05) is 0 Å². The van der Waals surface area contributed by atoms with Crippen LogP contribution in [-0.4, -0.2) is 0 Å². The van der Waals surface area contributed by atoms with Gasteiger partial charge in [0.1, 0.15) is 0 Å². The summed E-state index contributed by atoms with van der Waals surface area (Å²) in [6, 6.07) is 0. The van der Waals surface area contributed by atoms with E-state index in [0.29, 0.717) is 0 Å². The molecule has 0 spiro atoms. The van der Waals surface area contributed by atoms with Gasteiger partial charge in [-0.3, -0.25) is 0 Å². The molecule has 0 nitrogen and oxygen atoms in total. The second-order valence-corrected chi connectivity index (χ2v) is 4.40. The summed E-state index contributed by atoms with van der Waals surface area (Å²) in [5.74, 6) is 0.788. The van der Waals surface area contributed by atoms with Gasteiger partial charge in [-0.25, -0.2) is 0 Å². The third kappa shape index (κ3) is 9.83. The summed E-state index contributed by atoms with van der Waals surface area (Å²) in [5, 5.41) is 0. The van der Waals surface area contributed by atoms with Crippen LogP contribution in [-0.2, 0) is 0 Å². The van der Waals surface area contributed by atoms with E-state index < -0.39 is 0 Å². The van der Waals surface area contributed by atoms with Crippen molar-refractivity contribution >= 4 is 0 Å². The van der Waals surface area contributed by atoms with E-state index in [-0.39, 0.29) is 0 Å². The smallest absolute Gasteiger partial charge is 0.0262 e. The first-order valence-corrected chi connectivity index (χ1v) is 6.47. The number of hydrogen-bond donors (Lipinski definition) is 0. The van der Waals surface area contributed by atoms with Gasteiger partial charge >= 0.3 is 0 Å². The summed E-state index contributed by atoms with van der Waals surface area (Å²) in [7, 11) is 0. The quantitative estimate of drug-likeness (QED) is 0.345. The van der Waals surface area contributed by atoms with Crippen LogP contribution in [0.15, 0.2) is 12.2 Å². The Labute approximate surface area is 90.8 Å². The van der Waals surface area contributed by atoms with Crippen molar-refractivity contribution in [1.29, 1.82) is 0 Å². The first-order valence-electron chi connectivity index (χ1n) is 6.47. The minimum absolute atomic E-state index is 0.788. The molecular formula is C14H28. The van der Waals surface area contributed by atoms with Crippen molar-refractivity contribution < 1.29 is 0 Å². The standard InChI is InChI=1S/C14H28/c1-4-6-7-8-9-10-11-13-14(3)12-5-2/h11,13-14H,4-10,12H2,1-3H3/b13-11+. The molecule has 0 aromatic carbocycles. The Bertz CT molecular complexity index is 124. The van der Waals surface area contributed by atoms with Gasteiger partial charge in [-0.2, -0.15) is 0 Å². The molecule has 0 N–H and O–H groups in total. The first kappa shape index (κ1) is 13.7. The van der Waals surface area contributed by atoms with Crippen molar-refractivity contribution in [3.63, 3.8) is 0 Å². The Kier molecular flexibility index (Phi) is 10.6. The van der Waals surface area contributed by atoms with Gasteiger partial charge < -0.3 is 0 Å². The molecule has 0 heterocycles. The highest BCUT2D eigenvalue weighted by Gasteiger charge is 1.93. The second-order valence-electron chi connectivity index (χ2n) is 4.40. The lowest BCUT2D eigenvalue weighted by Gasteiger charge is -2.02. The van der Waals surface area contributed by atoms with E-state index in [0.717, 1.165) is 5.92 Å². The lowest BCUT2D eigenvalue weighted by molar-refractivity contribution is 0.621. The third-order valence-corrected chi connectivity index (χ3v) is 2.68. The zero-order valence-electron chi connectivity index (χ0n) is 10.4. The van der Waals surface area contributed by atoms with Gasteiger partial charge in [0.05, 0.1) is 0 Å². The average molecular weight is 196 g/mol. The van der Waals surface area contributed by atoms with E-state index in [1.54, 1.807) is 0 Å². The van der Waals surface area contributed by atoms with Gasteiger partial charge in [0.15, 0.2) is 0 Å². The third-order valence-electron chi connectivity index (χ3n) is 2.68. The molecule has 0 heteroatoms. The Morgan fingerprint density at radius 3 is 2.29 bits per heavy atom. The molecule has 0 fully saturated rings. The fourth-order valence-corrected chi connectivity index (χ4v) is 1.75. The SMILES string of the molecule is CCCCCCC/C=C/C(C)CCC. The van der Waals surface area contributed by atoms with Crippen LogP contribution in [0, 0.1) is 5.92 Å². The van der Waals surface area contributed by atoms with Gasteiger partial charge in [0.2, 0.25) is 0 Å². The van der Waals surface area contributed by atoms with E-state index in [4.69, 9.17) is 0 Å². The fraction of sp³-hybridized carbons (Fsp3) is 0.857. The molecule has 0 saturated heterocycles. The summed E-state index contributed by atoms with van der Waals surface area (Å²) in [6.45, 7) is 6.85. The largest absolute Gasteiger partial charge is 0.0883 e. The van der Waals surface area contributed by atoms with Crippen molar-refractivity contribution in [2.75, 3.05) is 0 Å². The maximum atomic E-state index is 2.39. The van der Waals surface area contributed by atoms with Crippen LogP contribution in [0.1, 0.15) is 72.1 Å². The van der Waals surface area contributed by atoms with E-state index in [2.05, 4.69) is 32.9 Å². The lowest BCUT2D eigenvalue weighted by Crippen LogP contribution is -1.87. The van der Waals surface area contributed by atoms with Crippen molar-refractivity contribution in [2.45, 2.75) is 72.1 Å². The first-order chi connectivity index (χ1) is 6.81. The zero-order chi connectivity index (χ0) is 10.6. The molecule has 0 rings (SSSR count). The number of allylic oxidation sites excluding steroid dienone is 2. The topological polar surface area (TPSA) is 0 Å². The maximum absolute atomic E-state index is 2.39. The van der Waals surface area contributed by atoms with Crippen molar-refractivity contribution in [1.82, 2.24) is 0 Å². The molecule has 0 aromatic heterocycles. The monoisotopic (exact) mass is 196 g/mol. The van der Waals surface area contributed by atoms with Crippen LogP contribution in [0.2, 0.25) is 0 Å². The van der Waals surface area contributed by atoms with Crippen molar-refractivity contribution in [3.05, 3.63) is 12.2 Å². The molecule has 0 saturated carbocycles. The molecule has 84 valence electrons. The Balaban J connectivity index is 3.17. The van der Waals surface area contributed by atoms with Gasteiger partial charge in [-0.1, -0.05) is 65.0 Å². The highest BCUT2D eigenvalue weighted by atomic mass is 14.0. The summed E-state index contributed by atoms with van der Waals surface area (Å²) in [5.41, 5.74) is 0. The van der Waals surface area contributed by atoms with Crippen LogP contribution < -0.4 is 0 Å². The molecule has 14 heavy (non-hydrogen) atoms. The molecule has 0 aliphatic rings. The van der Waals surface area contributed by atoms with E-state index >= 15 is 0 Å². The minimum Gasteiger partial charge on any atom is -0.0883 e. The predicted molar refractivity (Wildman–Crippen MR) is 66.6 cm³/mol. The summed E-state index contributed by atoms with van der Waals surface area (Å²) in [6.07, 6.45) is 15.7. The molecule has 0 aliphatic carbocycles. The maximum Gasteiger partial charge on any atom is -0.0262 e. The molecule has 1 unspecified atom stereocenters. The molecule has 0 aromatic rings. The lowest BCUT2D eigenvalue weighted by atomic mass is 10.0. The van der Waals surface area contributed by atoms with Gasteiger partial charge in [-0.05, 0) is 25.2 Å². The summed E-state index contributed by atoms with van der Waals surface area (Å²) >= 11 is 0. The Hall–Kier alpha value is -0.260. The highest BCUT2D eigenvalue weighted by Crippen LogP contribution is 2.09. The second kappa shape index (κ2) is 10.8. The van der Waals surface area contributed by atoms with Crippen LogP contribution in [0.4, 0.5) is 0 Å². The molecule has 0 amide bonds. The van der Waals surface area contributed by atoms with Gasteiger partial charge in [0, 0.05) is 0 Å². The average Bonchev–Trinajstić information content (AvgIpc) is 2.17. The van der Waals surface area contributed by atoms with Crippen LogP contribution >= 0.6 is 0 Å². The van der Waals surface area contributed by atoms with Crippen molar-refractivity contribution in [2.24, 2.45) is 5.92 Å². The summed E-state index contributed by atoms with van der Waals surface area (Å²) in [4.78, 5) is 0. The van der Waals surface area contributed by atoms with E-state index in [1.165, 1.54) is 51.4 Å². The van der Waals surface area contributed by atoms with Gasteiger partial charge in [-0.15, -0.1) is 0 Å². The highest BCUT2D eigenvalue weighted by molar-refractivity contribution is 4.85. The van der Waals surface area contributed by atoms with Gasteiger partial charge in [0.25, 0.3) is 0 Å². The molecule has 0 aliphatic heterocycles. The van der Waals surface area contributed by atoms with Crippen LogP contribution in [0.3, 0.4) is 0 Å². The van der Waals surface area contributed by atoms with Crippen LogP contribution in [0.5, 0.6) is 0 Å².